The Bertz CT molecular complexity index is 1050. The fraction of sp³-hybridized carbons (Fsp3) is 0.500. The predicted octanol–water partition coefficient (Wildman–Crippen LogP) is 2.30. The number of halogens is 1. The van der Waals surface area contributed by atoms with Gasteiger partial charge in [0.25, 0.3) is 11.8 Å². The summed E-state index contributed by atoms with van der Waals surface area (Å²) in [5.41, 5.74) is 1.36. The lowest BCUT2D eigenvalue weighted by Crippen LogP contribution is -2.57. The molecule has 2 aromatic rings. The highest BCUT2D eigenvalue weighted by Gasteiger charge is 2.43. The number of phenols is 1. The molecule has 5 atom stereocenters. The highest BCUT2D eigenvalue weighted by Crippen LogP contribution is 2.25. The Morgan fingerprint density at radius 2 is 1.81 bits per heavy atom. The van der Waals surface area contributed by atoms with Crippen LogP contribution in [0, 0.1) is 12.8 Å². The lowest BCUT2D eigenvalue weighted by molar-refractivity contribution is -0.145. The minimum absolute atomic E-state index is 0.0447. The molecule has 2 amide bonds. The van der Waals surface area contributed by atoms with Crippen LogP contribution in [0.4, 0.5) is 4.39 Å². The average Bonchev–Trinajstić information content (AvgIpc) is 3.26. The highest BCUT2D eigenvalue weighted by atomic mass is 19.1. The van der Waals surface area contributed by atoms with Gasteiger partial charge in [0.05, 0.1) is 18.6 Å². The van der Waals surface area contributed by atoms with Crippen molar-refractivity contribution in [2.75, 3.05) is 13.1 Å². The fourth-order valence-corrected chi connectivity index (χ4v) is 4.59. The van der Waals surface area contributed by atoms with Crippen LogP contribution in [0.5, 0.6) is 5.75 Å². The van der Waals surface area contributed by atoms with Crippen LogP contribution in [0.2, 0.25) is 0 Å². The molecule has 2 aromatic carbocycles. The number of hydrogen-bond donors (Lipinski definition) is 5. The van der Waals surface area contributed by atoms with Crippen molar-refractivity contribution < 1.29 is 29.3 Å². The Labute approximate surface area is 217 Å². The summed E-state index contributed by atoms with van der Waals surface area (Å²) >= 11 is 0. The van der Waals surface area contributed by atoms with Crippen molar-refractivity contribution in [3.05, 3.63) is 65.2 Å². The second kappa shape index (κ2) is 13.0. The zero-order valence-electron chi connectivity index (χ0n) is 21.6. The smallest absolute Gasteiger partial charge is 0.254 e. The van der Waals surface area contributed by atoms with Crippen LogP contribution < -0.4 is 10.6 Å². The van der Waals surface area contributed by atoms with Crippen molar-refractivity contribution in [3.8, 4) is 5.75 Å². The third-order valence-electron chi connectivity index (χ3n) is 6.81. The molecule has 37 heavy (non-hydrogen) atoms. The van der Waals surface area contributed by atoms with Crippen LogP contribution in [-0.2, 0) is 11.2 Å². The summed E-state index contributed by atoms with van der Waals surface area (Å²) < 4.78 is 14.4. The van der Waals surface area contributed by atoms with Gasteiger partial charge in [-0.15, -0.1) is 0 Å². The van der Waals surface area contributed by atoms with Crippen molar-refractivity contribution >= 4 is 11.8 Å². The molecule has 0 unspecified atom stereocenters. The number of phenolic OH excluding ortho intramolecular Hbond substituents is 1. The van der Waals surface area contributed by atoms with E-state index in [0.717, 1.165) is 12.0 Å². The van der Waals surface area contributed by atoms with E-state index < -0.39 is 42.4 Å². The summed E-state index contributed by atoms with van der Waals surface area (Å²) in [6, 6.07) is 11.8. The Balaban J connectivity index is 1.80. The molecule has 202 valence electrons. The molecule has 1 aliphatic rings. The summed E-state index contributed by atoms with van der Waals surface area (Å²) in [5.74, 6) is -0.951. The molecule has 8 nitrogen and oxygen atoms in total. The van der Waals surface area contributed by atoms with Gasteiger partial charge in [0.2, 0.25) is 0 Å². The molecule has 1 heterocycles. The summed E-state index contributed by atoms with van der Waals surface area (Å²) in [6.07, 6.45) is -3.26. The molecule has 0 spiro atoms. The van der Waals surface area contributed by atoms with Gasteiger partial charge in [-0.2, -0.15) is 0 Å². The van der Waals surface area contributed by atoms with E-state index in [2.05, 4.69) is 10.6 Å². The fourth-order valence-electron chi connectivity index (χ4n) is 4.59. The minimum Gasteiger partial charge on any atom is -0.508 e. The maximum absolute atomic E-state index is 14.4. The SMILES string of the molecule is Cc1c(O)cccc1C(=O)N[C@@H](Cc1ccccc1)[C@H](O)C(=O)N1C[C@H](F)C[C@H]1[C@H](O)NCCC(C)C. The van der Waals surface area contributed by atoms with E-state index >= 15 is 0 Å². The first-order chi connectivity index (χ1) is 17.6. The van der Waals surface area contributed by atoms with E-state index in [4.69, 9.17) is 0 Å². The largest absolute Gasteiger partial charge is 0.508 e. The number of nitrogens with one attached hydrogen (secondary N) is 2. The number of nitrogens with zero attached hydrogens (tertiary/aromatic N) is 1. The van der Waals surface area contributed by atoms with Crippen molar-refractivity contribution in [3.63, 3.8) is 0 Å². The molecule has 1 saturated heterocycles. The van der Waals surface area contributed by atoms with Gasteiger partial charge in [0.1, 0.15) is 18.1 Å². The predicted molar refractivity (Wildman–Crippen MR) is 139 cm³/mol. The van der Waals surface area contributed by atoms with E-state index in [1.807, 2.05) is 44.2 Å². The van der Waals surface area contributed by atoms with Crippen molar-refractivity contribution in [2.24, 2.45) is 5.92 Å². The molecule has 0 aliphatic carbocycles. The first-order valence-electron chi connectivity index (χ1n) is 12.8. The number of benzene rings is 2. The van der Waals surface area contributed by atoms with Crippen molar-refractivity contribution in [1.29, 1.82) is 0 Å². The molecule has 9 heteroatoms. The number of aliphatic hydroxyl groups excluding tert-OH is 2. The summed E-state index contributed by atoms with van der Waals surface area (Å²) in [5, 5.41) is 37.5. The van der Waals surface area contributed by atoms with Gasteiger partial charge in [-0.05, 0) is 49.9 Å². The normalized spacial score (nSPS) is 20.0. The number of amides is 2. The van der Waals surface area contributed by atoms with E-state index in [0.29, 0.717) is 18.0 Å². The van der Waals surface area contributed by atoms with Gasteiger partial charge in [-0.3, -0.25) is 14.9 Å². The molecule has 5 N–H and O–H groups in total. The molecule has 0 bridgehead atoms. The van der Waals surface area contributed by atoms with Crippen molar-refractivity contribution in [1.82, 2.24) is 15.5 Å². The van der Waals surface area contributed by atoms with Gasteiger partial charge >= 0.3 is 0 Å². The standard InChI is InChI=1S/C28H38FN3O5/c1-17(2)12-13-30-27(36)23-15-20(29)16-32(23)28(37)25(34)22(14-19-8-5-4-6-9-19)31-26(35)21-10-7-11-24(33)18(21)3/h4-11,17,20,22-23,25,27,30,33-34,36H,12-16H2,1-3H3,(H,31,35)/t20-,22+,23+,25+,27+/m1/s1. The van der Waals surface area contributed by atoms with Gasteiger partial charge in [0, 0.05) is 17.5 Å². The Hall–Kier alpha value is -3.01. The molecular weight excluding hydrogens is 477 g/mol. The second-order valence-electron chi connectivity index (χ2n) is 10.1. The summed E-state index contributed by atoms with van der Waals surface area (Å²) in [4.78, 5) is 27.7. The molecule has 0 saturated carbocycles. The van der Waals surface area contributed by atoms with Crippen LogP contribution in [0.1, 0.15) is 48.2 Å². The van der Waals surface area contributed by atoms with Crippen LogP contribution >= 0.6 is 0 Å². The minimum atomic E-state index is -1.68. The topological polar surface area (TPSA) is 122 Å². The molecule has 0 aromatic heterocycles. The lowest BCUT2D eigenvalue weighted by atomic mass is 9.98. The van der Waals surface area contributed by atoms with Crippen LogP contribution in [0.15, 0.2) is 48.5 Å². The Kier molecular flexibility index (Phi) is 10.0. The summed E-state index contributed by atoms with van der Waals surface area (Å²) in [6.45, 7) is 5.95. The number of carbonyl (C=O) groups is 2. The third kappa shape index (κ3) is 7.50. The number of hydrogen-bond acceptors (Lipinski definition) is 6. The van der Waals surface area contributed by atoms with Gasteiger partial charge in [-0.25, -0.2) is 4.39 Å². The molecule has 0 radical (unpaired) electrons. The Morgan fingerprint density at radius 1 is 1.11 bits per heavy atom. The molecule has 1 aliphatic heterocycles. The number of aliphatic hydroxyl groups is 2. The molecular formula is C28H38FN3O5. The summed E-state index contributed by atoms with van der Waals surface area (Å²) in [7, 11) is 0. The van der Waals surface area contributed by atoms with E-state index in [1.54, 1.807) is 13.0 Å². The third-order valence-corrected chi connectivity index (χ3v) is 6.81. The quantitative estimate of drug-likeness (QED) is 0.293. The Morgan fingerprint density at radius 3 is 2.49 bits per heavy atom. The zero-order chi connectivity index (χ0) is 27.1. The number of carbonyl (C=O) groups excluding carboxylic acids is 2. The van der Waals surface area contributed by atoms with Gasteiger partial charge < -0.3 is 25.5 Å². The van der Waals surface area contributed by atoms with Gasteiger partial charge in [0.15, 0.2) is 6.10 Å². The zero-order valence-corrected chi connectivity index (χ0v) is 21.6. The number of likely N-dealkylation sites (tertiary alicyclic amines) is 1. The van der Waals surface area contributed by atoms with Crippen LogP contribution in [0.25, 0.3) is 0 Å². The lowest BCUT2D eigenvalue weighted by Gasteiger charge is -2.33. The second-order valence-corrected chi connectivity index (χ2v) is 10.1. The highest BCUT2D eigenvalue weighted by molar-refractivity contribution is 5.97. The number of alkyl halides is 1. The van der Waals surface area contributed by atoms with E-state index in [1.165, 1.54) is 17.0 Å². The average molecular weight is 516 g/mol. The molecule has 3 rings (SSSR count). The first kappa shape index (κ1) is 28.6. The number of rotatable bonds is 11. The monoisotopic (exact) mass is 515 g/mol. The van der Waals surface area contributed by atoms with Crippen LogP contribution in [-0.4, -0.2) is 75.7 Å². The maximum Gasteiger partial charge on any atom is 0.254 e. The van der Waals surface area contributed by atoms with Crippen LogP contribution in [0.3, 0.4) is 0 Å². The van der Waals surface area contributed by atoms with Crippen molar-refractivity contribution in [2.45, 2.75) is 70.6 Å². The van der Waals surface area contributed by atoms with E-state index in [-0.39, 0.29) is 30.7 Å². The first-order valence-corrected chi connectivity index (χ1v) is 12.8. The molecule has 1 fully saturated rings. The van der Waals surface area contributed by atoms with Gasteiger partial charge in [-0.1, -0.05) is 50.2 Å². The van der Waals surface area contributed by atoms with E-state index in [9.17, 15) is 29.3 Å². The maximum atomic E-state index is 14.4. The number of aromatic hydroxyl groups is 1.